The molecule has 41 valence electrons. The molecule has 2 N–H and O–H groups in total. The summed E-state index contributed by atoms with van der Waals surface area (Å²) in [6.07, 6.45) is -0.0417. The van der Waals surface area contributed by atoms with E-state index >= 15 is 0 Å². The van der Waals surface area contributed by atoms with Gasteiger partial charge in [0, 0.05) is 7.11 Å². The van der Waals surface area contributed by atoms with Crippen LogP contribution in [0.2, 0.25) is 0 Å². The van der Waals surface area contributed by atoms with E-state index in [4.69, 9.17) is 5.73 Å². The molecule has 3 heteroatoms. The molecule has 0 fully saturated rings. The van der Waals surface area contributed by atoms with Crippen molar-refractivity contribution in [1.29, 1.82) is 0 Å². The highest BCUT2D eigenvalue weighted by Crippen LogP contribution is 1.87. The van der Waals surface area contributed by atoms with Crippen LogP contribution in [0, 0.1) is 6.23 Å². The maximum absolute atomic E-state index is 10.1. The first-order chi connectivity index (χ1) is 3.18. The number of methoxy groups -OCH3 is 1. The molecule has 0 rings (SSSR count). The molecule has 0 aliphatic carbocycles. The largest absolute Gasteiger partial charge is 0.353 e. The van der Waals surface area contributed by atoms with E-state index in [0.717, 1.165) is 0 Å². The fraction of sp³-hybridized carbons (Fsp3) is 0.500. The first-order valence-electron chi connectivity index (χ1n) is 1.86. The van der Waals surface area contributed by atoms with Gasteiger partial charge in [-0.3, -0.25) is 10.5 Å². The molecule has 0 saturated heterocycles. The van der Waals surface area contributed by atoms with E-state index in [1.165, 1.54) is 14.0 Å². The molecule has 0 aromatic carbocycles. The molecule has 0 spiro atoms. The number of ether oxygens (including phenoxy) is 1. The van der Waals surface area contributed by atoms with Crippen LogP contribution in [-0.4, -0.2) is 12.9 Å². The zero-order valence-corrected chi connectivity index (χ0v) is 4.39. The van der Waals surface area contributed by atoms with E-state index in [1.807, 2.05) is 0 Å². The summed E-state index contributed by atoms with van der Waals surface area (Å²) < 4.78 is 4.36. The normalized spacial score (nSPS) is 9.71. The highest BCUT2D eigenvalue weighted by atomic mass is 16.5. The Labute approximate surface area is 42.4 Å². The van der Waals surface area contributed by atoms with E-state index in [1.54, 1.807) is 0 Å². The molecule has 0 aromatic rings. The molecule has 7 heavy (non-hydrogen) atoms. The molecule has 0 bridgehead atoms. The average molecular weight is 102 g/mol. The van der Waals surface area contributed by atoms with Crippen molar-refractivity contribution >= 4 is 5.78 Å². The Morgan fingerprint density at radius 1 is 1.71 bits per heavy atom. The van der Waals surface area contributed by atoms with E-state index in [9.17, 15) is 4.79 Å². The Hall–Kier alpha value is -0.410. The highest BCUT2D eigenvalue weighted by molar-refractivity contribution is 5.86. The van der Waals surface area contributed by atoms with Gasteiger partial charge in [-0.1, -0.05) is 0 Å². The predicted octanol–water partition coefficient (Wildman–Crippen LogP) is -0.330. The molecule has 0 aromatic heterocycles. The van der Waals surface area contributed by atoms with E-state index < -0.39 is 0 Å². The van der Waals surface area contributed by atoms with Gasteiger partial charge in [-0.05, 0) is 6.92 Å². The molecule has 0 atom stereocenters. The minimum atomic E-state index is -0.234. The van der Waals surface area contributed by atoms with Gasteiger partial charge in [0.1, 0.15) is 0 Å². The third-order valence-corrected chi connectivity index (χ3v) is 0.567. The van der Waals surface area contributed by atoms with Crippen LogP contribution in [0.4, 0.5) is 0 Å². The maximum atomic E-state index is 10.1. The number of ketones is 1. The van der Waals surface area contributed by atoms with Gasteiger partial charge in [0.15, 0.2) is 5.78 Å². The van der Waals surface area contributed by atoms with E-state index in [-0.39, 0.29) is 12.0 Å². The van der Waals surface area contributed by atoms with Gasteiger partial charge in [-0.2, -0.15) is 0 Å². The van der Waals surface area contributed by atoms with Gasteiger partial charge in [-0.25, -0.2) is 0 Å². The molecule has 1 radical (unpaired) electrons. The van der Waals surface area contributed by atoms with Crippen molar-refractivity contribution < 1.29 is 9.53 Å². The van der Waals surface area contributed by atoms with Crippen LogP contribution < -0.4 is 5.73 Å². The third-order valence-electron chi connectivity index (χ3n) is 0.567. The topological polar surface area (TPSA) is 52.3 Å². The summed E-state index contributed by atoms with van der Waals surface area (Å²) in [4.78, 5) is 10.1. The van der Waals surface area contributed by atoms with E-state index in [0.29, 0.717) is 0 Å². The predicted molar refractivity (Wildman–Crippen MR) is 25.1 cm³/mol. The lowest BCUT2D eigenvalue weighted by Crippen LogP contribution is -2.19. The van der Waals surface area contributed by atoms with E-state index in [2.05, 4.69) is 4.74 Å². The quantitative estimate of drug-likeness (QED) is 0.519. The molecule has 0 amide bonds. The second-order valence-corrected chi connectivity index (χ2v) is 1.12. The standard InChI is InChI=1S/C4H8NO2/c1-3(6)4(5)7-2/h5H2,1-2H3. The van der Waals surface area contributed by atoms with Crippen molar-refractivity contribution in [3.8, 4) is 0 Å². The Balaban J connectivity index is 3.34. The van der Waals surface area contributed by atoms with Gasteiger partial charge >= 0.3 is 0 Å². The van der Waals surface area contributed by atoms with Crippen molar-refractivity contribution in [2.45, 2.75) is 6.92 Å². The Bertz CT molecular complexity index is 72.1. The second kappa shape index (κ2) is 2.71. The lowest BCUT2D eigenvalue weighted by molar-refractivity contribution is -0.119. The van der Waals surface area contributed by atoms with Crippen molar-refractivity contribution in [3.05, 3.63) is 6.23 Å². The van der Waals surface area contributed by atoms with Crippen LogP contribution >= 0.6 is 0 Å². The number of carbonyl (C=O) groups is 1. The van der Waals surface area contributed by atoms with Gasteiger partial charge in [0.2, 0.25) is 6.23 Å². The second-order valence-electron chi connectivity index (χ2n) is 1.12. The highest BCUT2D eigenvalue weighted by Gasteiger charge is 2.05. The average Bonchev–Trinajstić information content (AvgIpc) is 1.65. The summed E-state index contributed by atoms with van der Waals surface area (Å²) in [7, 11) is 1.36. The number of nitrogens with two attached hydrogens (primary N) is 1. The molecular formula is C4H8NO2. The lowest BCUT2D eigenvalue weighted by atomic mass is 10.4. The zero-order valence-electron chi connectivity index (χ0n) is 4.39. The number of hydrogen-bond acceptors (Lipinski definition) is 3. The fourth-order valence-corrected chi connectivity index (χ4v) is 0.144. The molecule has 0 unspecified atom stereocenters. The lowest BCUT2D eigenvalue weighted by Gasteiger charge is -1.98. The minimum absolute atomic E-state index is 0.0417. The Kier molecular flexibility index (Phi) is 2.55. The van der Waals surface area contributed by atoms with Crippen LogP contribution in [0.25, 0.3) is 0 Å². The SMILES string of the molecule is CO[C](N)C(C)=O. The van der Waals surface area contributed by atoms with Gasteiger partial charge in [0.05, 0.1) is 0 Å². The molecule has 3 nitrogen and oxygen atoms in total. The van der Waals surface area contributed by atoms with Crippen molar-refractivity contribution in [2.24, 2.45) is 5.73 Å². The summed E-state index contributed by atoms with van der Waals surface area (Å²) >= 11 is 0. The molecular weight excluding hydrogens is 94.0 g/mol. The number of carbonyl (C=O) groups excluding carboxylic acids is 1. The smallest absolute Gasteiger partial charge is 0.226 e. The maximum Gasteiger partial charge on any atom is 0.226 e. The van der Waals surface area contributed by atoms with Gasteiger partial charge in [-0.15, -0.1) is 0 Å². The van der Waals surface area contributed by atoms with Crippen molar-refractivity contribution in [1.82, 2.24) is 0 Å². The van der Waals surface area contributed by atoms with Gasteiger partial charge in [0.25, 0.3) is 0 Å². The van der Waals surface area contributed by atoms with Crippen LogP contribution in [0.1, 0.15) is 6.92 Å². The van der Waals surface area contributed by atoms with Crippen LogP contribution in [-0.2, 0) is 9.53 Å². The van der Waals surface area contributed by atoms with Crippen molar-refractivity contribution in [2.75, 3.05) is 7.11 Å². The summed E-state index contributed by atoms with van der Waals surface area (Å²) in [5.41, 5.74) is 4.96. The summed E-state index contributed by atoms with van der Waals surface area (Å²) in [6, 6.07) is 0. The summed E-state index contributed by atoms with van der Waals surface area (Å²) in [6.45, 7) is 1.35. The summed E-state index contributed by atoms with van der Waals surface area (Å²) in [5.74, 6) is -0.234. The van der Waals surface area contributed by atoms with Crippen LogP contribution in [0.15, 0.2) is 0 Å². The molecule has 0 heterocycles. The molecule has 0 aliphatic rings. The zero-order chi connectivity index (χ0) is 5.86. The fourth-order valence-electron chi connectivity index (χ4n) is 0.144. The Morgan fingerprint density at radius 2 is 2.14 bits per heavy atom. The minimum Gasteiger partial charge on any atom is -0.353 e. The first kappa shape index (κ1) is 6.59. The van der Waals surface area contributed by atoms with Crippen molar-refractivity contribution in [3.63, 3.8) is 0 Å². The van der Waals surface area contributed by atoms with Crippen LogP contribution in [0.3, 0.4) is 0 Å². The van der Waals surface area contributed by atoms with Crippen LogP contribution in [0.5, 0.6) is 0 Å². The Morgan fingerprint density at radius 3 is 2.14 bits per heavy atom. The molecule has 0 aliphatic heterocycles. The number of Topliss-reactive ketones (excluding diaryl/α,β-unsaturated/α-hetero) is 1. The van der Waals surface area contributed by atoms with Gasteiger partial charge < -0.3 is 4.74 Å². The molecule has 0 saturated carbocycles. The summed E-state index contributed by atoms with van der Waals surface area (Å²) in [5, 5.41) is 0. The first-order valence-corrected chi connectivity index (χ1v) is 1.86. The third kappa shape index (κ3) is 2.31. The monoisotopic (exact) mass is 102 g/mol. The number of hydrogen-bond donors (Lipinski definition) is 1. The number of rotatable bonds is 2.